The second kappa shape index (κ2) is 4.33. The van der Waals surface area contributed by atoms with Crippen LogP contribution >= 0.6 is 11.6 Å². The summed E-state index contributed by atoms with van der Waals surface area (Å²) in [7, 11) is 0. The van der Waals surface area contributed by atoms with Gasteiger partial charge in [-0.15, -0.1) is 0 Å². The first kappa shape index (κ1) is 10.6. The molecule has 1 aromatic rings. The number of aliphatic hydroxyl groups is 1. The van der Waals surface area contributed by atoms with Crippen LogP contribution < -0.4 is 4.90 Å². The predicted octanol–water partition coefficient (Wildman–Crippen LogP) is 1.34. The van der Waals surface area contributed by atoms with Gasteiger partial charge in [0.2, 0.25) is 0 Å². The van der Waals surface area contributed by atoms with Crippen molar-refractivity contribution in [2.45, 2.75) is 19.4 Å². The zero-order valence-corrected chi connectivity index (χ0v) is 9.35. The van der Waals surface area contributed by atoms with Crippen molar-refractivity contribution in [1.29, 1.82) is 0 Å². The third kappa shape index (κ3) is 2.38. The zero-order valence-electron chi connectivity index (χ0n) is 8.60. The normalized spacial score (nSPS) is 23.1. The Morgan fingerprint density at radius 2 is 2.40 bits per heavy atom. The maximum Gasteiger partial charge on any atom is 0.134 e. The summed E-state index contributed by atoms with van der Waals surface area (Å²) in [6, 6.07) is 1.76. The molecule has 1 fully saturated rings. The van der Waals surface area contributed by atoms with Crippen LogP contribution in [-0.4, -0.2) is 34.3 Å². The van der Waals surface area contributed by atoms with E-state index in [1.165, 1.54) is 6.33 Å². The van der Waals surface area contributed by atoms with Crippen molar-refractivity contribution in [1.82, 2.24) is 9.97 Å². The van der Waals surface area contributed by atoms with Crippen LogP contribution in [0.25, 0.3) is 0 Å². The van der Waals surface area contributed by atoms with Gasteiger partial charge in [0.1, 0.15) is 17.3 Å². The van der Waals surface area contributed by atoms with Crippen molar-refractivity contribution in [3.63, 3.8) is 0 Å². The summed E-state index contributed by atoms with van der Waals surface area (Å²) in [5.74, 6) is 1.18. The van der Waals surface area contributed by atoms with Gasteiger partial charge in [-0.1, -0.05) is 11.6 Å². The van der Waals surface area contributed by atoms with Gasteiger partial charge in [0, 0.05) is 25.1 Å². The van der Waals surface area contributed by atoms with E-state index in [0.717, 1.165) is 25.3 Å². The van der Waals surface area contributed by atoms with Gasteiger partial charge < -0.3 is 10.0 Å². The van der Waals surface area contributed by atoms with E-state index in [1.807, 2.05) is 6.92 Å². The first-order chi connectivity index (χ1) is 7.16. The number of aromatic nitrogens is 2. The molecular weight excluding hydrogens is 214 g/mol. The van der Waals surface area contributed by atoms with Crippen LogP contribution in [0.1, 0.15) is 13.3 Å². The molecular formula is C10H14ClN3O. The molecule has 0 spiro atoms. The predicted molar refractivity (Wildman–Crippen MR) is 59.0 cm³/mol. The van der Waals surface area contributed by atoms with E-state index in [9.17, 15) is 5.11 Å². The number of aliphatic hydroxyl groups excluding tert-OH is 1. The maximum atomic E-state index is 9.49. The highest BCUT2D eigenvalue weighted by Gasteiger charge is 2.26. The largest absolute Gasteiger partial charge is 0.393 e. The number of hydrogen-bond donors (Lipinski definition) is 1. The highest BCUT2D eigenvalue weighted by atomic mass is 35.5. The lowest BCUT2D eigenvalue weighted by Crippen LogP contribution is -2.24. The van der Waals surface area contributed by atoms with Crippen LogP contribution in [0, 0.1) is 5.92 Å². The Balaban J connectivity index is 2.08. The third-order valence-electron chi connectivity index (χ3n) is 2.85. The van der Waals surface area contributed by atoms with Crippen molar-refractivity contribution >= 4 is 17.4 Å². The molecule has 1 saturated heterocycles. The number of anilines is 1. The van der Waals surface area contributed by atoms with Crippen molar-refractivity contribution in [3.05, 3.63) is 17.5 Å². The Morgan fingerprint density at radius 3 is 3.00 bits per heavy atom. The first-order valence-corrected chi connectivity index (χ1v) is 5.45. The minimum Gasteiger partial charge on any atom is -0.393 e. The molecule has 0 aromatic carbocycles. The summed E-state index contributed by atoms with van der Waals surface area (Å²) < 4.78 is 0. The number of hydrogen-bond acceptors (Lipinski definition) is 4. The lowest BCUT2D eigenvalue weighted by atomic mass is 10.0. The Bertz CT molecular complexity index is 345. The van der Waals surface area contributed by atoms with Gasteiger partial charge in [-0.3, -0.25) is 0 Å². The van der Waals surface area contributed by atoms with Crippen LogP contribution in [0.4, 0.5) is 5.82 Å². The van der Waals surface area contributed by atoms with Gasteiger partial charge in [0.15, 0.2) is 0 Å². The SMILES string of the molecule is C[C@@H](O)[C@@H]1CCN(c2cc(Cl)ncn2)C1. The average molecular weight is 228 g/mol. The lowest BCUT2D eigenvalue weighted by Gasteiger charge is -2.18. The number of halogens is 1. The summed E-state index contributed by atoms with van der Waals surface area (Å²) in [5, 5.41) is 9.94. The molecule has 0 radical (unpaired) electrons. The van der Waals surface area contributed by atoms with E-state index < -0.39 is 0 Å². The van der Waals surface area contributed by atoms with Crippen LogP contribution in [0.3, 0.4) is 0 Å². The fourth-order valence-electron chi connectivity index (χ4n) is 1.89. The fourth-order valence-corrected chi connectivity index (χ4v) is 2.03. The van der Waals surface area contributed by atoms with Crippen molar-refractivity contribution in [2.24, 2.45) is 5.92 Å². The molecule has 0 bridgehead atoms. The Kier molecular flexibility index (Phi) is 3.07. The average Bonchev–Trinajstić information content (AvgIpc) is 2.66. The van der Waals surface area contributed by atoms with Gasteiger partial charge in [-0.25, -0.2) is 9.97 Å². The molecule has 2 rings (SSSR count). The molecule has 0 saturated carbocycles. The topological polar surface area (TPSA) is 49.2 Å². The van der Waals surface area contributed by atoms with E-state index in [0.29, 0.717) is 11.1 Å². The number of rotatable bonds is 2. The first-order valence-electron chi connectivity index (χ1n) is 5.07. The summed E-state index contributed by atoms with van der Waals surface area (Å²) in [4.78, 5) is 10.1. The van der Waals surface area contributed by atoms with Gasteiger partial charge in [-0.05, 0) is 13.3 Å². The smallest absolute Gasteiger partial charge is 0.134 e. The monoisotopic (exact) mass is 227 g/mol. The molecule has 0 aliphatic carbocycles. The Labute approximate surface area is 93.9 Å². The summed E-state index contributed by atoms with van der Waals surface area (Å²) in [6.07, 6.45) is 2.21. The lowest BCUT2D eigenvalue weighted by molar-refractivity contribution is 0.136. The molecule has 1 aliphatic heterocycles. The molecule has 5 heteroatoms. The number of nitrogens with zero attached hydrogens (tertiary/aromatic N) is 3. The highest BCUT2D eigenvalue weighted by molar-refractivity contribution is 6.29. The minimum atomic E-state index is -0.257. The zero-order chi connectivity index (χ0) is 10.8. The quantitative estimate of drug-likeness (QED) is 0.775. The molecule has 1 aromatic heterocycles. The second-order valence-corrected chi connectivity index (χ2v) is 4.32. The van der Waals surface area contributed by atoms with Crippen molar-refractivity contribution in [2.75, 3.05) is 18.0 Å². The minimum absolute atomic E-state index is 0.257. The standard InChI is InChI=1S/C10H14ClN3O/c1-7(15)8-2-3-14(5-8)10-4-9(11)12-6-13-10/h4,6-8,15H,2-3,5H2,1H3/t7-,8-/m1/s1. The van der Waals surface area contributed by atoms with E-state index in [-0.39, 0.29) is 6.10 Å². The summed E-state index contributed by atoms with van der Waals surface area (Å²) in [6.45, 7) is 3.59. The van der Waals surface area contributed by atoms with Crippen LogP contribution in [0.15, 0.2) is 12.4 Å². The molecule has 15 heavy (non-hydrogen) atoms. The molecule has 1 aliphatic rings. The van der Waals surface area contributed by atoms with Crippen LogP contribution in [0.2, 0.25) is 5.15 Å². The van der Waals surface area contributed by atoms with E-state index in [1.54, 1.807) is 6.07 Å². The highest BCUT2D eigenvalue weighted by Crippen LogP contribution is 2.24. The molecule has 0 unspecified atom stereocenters. The maximum absolute atomic E-state index is 9.49. The third-order valence-corrected chi connectivity index (χ3v) is 3.06. The van der Waals surface area contributed by atoms with Crippen LogP contribution in [-0.2, 0) is 0 Å². The van der Waals surface area contributed by atoms with E-state index in [2.05, 4.69) is 14.9 Å². The van der Waals surface area contributed by atoms with Gasteiger partial charge in [0.25, 0.3) is 0 Å². The molecule has 4 nitrogen and oxygen atoms in total. The van der Waals surface area contributed by atoms with Crippen LogP contribution in [0.5, 0.6) is 0 Å². The van der Waals surface area contributed by atoms with E-state index in [4.69, 9.17) is 11.6 Å². The molecule has 1 N–H and O–H groups in total. The fraction of sp³-hybridized carbons (Fsp3) is 0.600. The molecule has 2 atom stereocenters. The summed E-state index contributed by atoms with van der Waals surface area (Å²) in [5.41, 5.74) is 0. The molecule has 0 amide bonds. The molecule has 2 heterocycles. The van der Waals surface area contributed by atoms with Crippen molar-refractivity contribution < 1.29 is 5.11 Å². The summed E-state index contributed by atoms with van der Waals surface area (Å²) >= 11 is 5.80. The van der Waals surface area contributed by atoms with Gasteiger partial charge in [0.05, 0.1) is 6.10 Å². The second-order valence-electron chi connectivity index (χ2n) is 3.93. The Hall–Kier alpha value is -0.870. The van der Waals surface area contributed by atoms with Gasteiger partial charge in [-0.2, -0.15) is 0 Å². The molecule has 82 valence electrons. The Morgan fingerprint density at radius 1 is 1.60 bits per heavy atom. The van der Waals surface area contributed by atoms with Gasteiger partial charge >= 0.3 is 0 Å². The van der Waals surface area contributed by atoms with E-state index >= 15 is 0 Å². The van der Waals surface area contributed by atoms with Crippen molar-refractivity contribution in [3.8, 4) is 0 Å².